The van der Waals surface area contributed by atoms with Crippen molar-refractivity contribution < 1.29 is 4.79 Å². The summed E-state index contributed by atoms with van der Waals surface area (Å²) in [5.41, 5.74) is 6.76. The number of carbonyl (C=O) groups excluding carboxylic acids is 1. The van der Waals surface area contributed by atoms with Gasteiger partial charge in [-0.3, -0.25) is 14.2 Å². The lowest BCUT2D eigenvalue weighted by atomic mass is 10.0. The molecule has 0 fully saturated rings. The molecule has 0 saturated carbocycles. The Morgan fingerprint density at radius 1 is 1.09 bits per heavy atom. The van der Waals surface area contributed by atoms with Crippen LogP contribution in [0.25, 0.3) is 16.5 Å². The lowest BCUT2D eigenvalue weighted by molar-refractivity contribution is 0.100. The molecule has 0 aliphatic heterocycles. The van der Waals surface area contributed by atoms with E-state index < -0.39 is 5.91 Å². The summed E-state index contributed by atoms with van der Waals surface area (Å²) < 4.78 is 1.47. The van der Waals surface area contributed by atoms with Gasteiger partial charge >= 0.3 is 0 Å². The van der Waals surface area contributed by atoms with Gasteiger partial charge in [-0.05, 0) is 31.2 Å². The molecule has 0 spiro atoms. The second-order valence-corrected chi connectivity index (χ2v) is 5.43. The van der Waals surface area contributed by atoms with Crippen LogP contribution >= 0.6 is 11.6 Å². The number of fused-ring (bicyclic) bond motifs is 1. The van der Waals surface area contributed by atoms with Crippen LogP contribution in [0.3, 0.4) is 0 Å². The van der Waals surface area contributed by atoms with Gasteiger partial charge in [0.05, 0.1) is 11.3 Å². The van der Waals surface area contributed by atoms with Gasteiger partial charge in [0, 0.05) is 21.5 Å². The molecule has 1 aromatic heterocycles. The third-order valence-corrected chi connectivity index (χ3v) is 3.88. The highest BCUT2D eigenvalue weighted by Crippen LogP contribution is 2.22. The number of nitrogens with zero attached hydrogens (tertiary/aromatic N) is 1. The molecule has 3 aromatic rings. The third-order valence-electron chi connectivity index (χ3n) is 3.64. The SMILES string of the molecule is Cc1c(C(N)=O)c2ccccc2c(=O)n1-c1cccc(Cl)c1. The Morgan fingerprint density at radius 3 is 2.41 bits per heavy atom. The van der Waals surface area contributed by atoms with Crippen molar-refractivity contribution in [2.45, 2.75) is 6.92 Å². The van der Waals surface area contributed by atoms with E-state index in [1.54, 1.807) is 55.5 Å². The second kappa shape index (κ2) is 5.31. The zero-order valence-electron chi connectivity index (χ0n) is 11.8. The molecule has 3 rings (SSSR count). The summed E-state index contributed by atoms with van der Waals surface area (Å²) in [6, 6.07) is 13.9. The average Bonchev–Trinajstić information content (AvgIpc) is 2.47. The number of carbonyl (C=O) groups is 1. The molecule has 0 atom stereocenters. The van der Waals surface area contributed by atoms with E-state index in [1.807, 2.05) is 0 Å². The van der Waals surface area contributed by atoms with Crippen LogP contribution in [-0.2, 0) is 0 Å². The van der Waals surface area contributed by atoms with E-state index in [0.717, 1.165) is 0 Å². The lowest BCUT2D eigenvalue weighted by Gasteiger charge is -2.15. The minimum absolute atomic E-state index is 0.208. The Balaban J connectivity index is 2.51. The molecule has 0 unspecified atom stereocenters. The second-order valence-electron chi connectivity index (χ2n) is 4.99. The number of primary amides is 1. The maximum atomic E-state index is 12.8. The molecule has 5 heteroatoms. The van der Waals surface area contributed by atoms with E-state index in [4.69, 9.17) is 17.3 Å². The lowest BCUT2D eigenvalue weighted by Crippen LogP contribution is -2.26. The number of aromatic nitrogens is 1. The molecule has 4 nitrogen and oxygen atoms in total. The van der Waals surface area contributed by atoms with Crippen LogP contribution in [0.4, 0.5) is 0 Å². The smallest absolute Gasteiger partial charge is 0.263 e. The minimum atomic E-state index is -0.565. The Kier molecular flexibility index (Phi) is 3.47. The van der Waals surface area contributed by atoms with Gasteiger partial charge in [0.15, 0.2) is 0 Å². The molecule has 0 aliphatic carbocycles. The number of rotatable bonds is 2. The Morgan fingerprint density at radius 2 is 1.77 bits per heavy atom. The first-order valence-corrected chi connectivity index (χ1v) is 7.08. The first kappa shape index (κ1) is 14.4. The van der Waals surface area contributed by atoms with Crippen molar-refractivity contribution in [2.75, 3.05) is 0 Å². The van der Waals surface area contributed by atoms with Crippen LogP contribution in [0.2, 0.25) is 5.02 Å². The summed E-state index contributed by atoms with van der Waals surface area (Å²) in [7, 11) is 0. The van der Waals surface area contributed by atoms with Crippen molar-refractivity contribution in [1.29, 1.82) is 0 Å². The van der Waals surface area contributed by atoms with Crippen molar-refractivity contribution >= 4 is 28.3 Å². The molecule has 0 saturated heterocycles. The predicted molar refractivity (Wildman–Crippen MR) is 87.8 cm³/mol. The van der Waals surface area contributed by atoms with Crippen LogP contribution in [0.1, 0.15) is 16.1 Å². The fourth-order valence-corrected chi connectivity index (χ4v) is 2.89. The summed E-state index contributed by atoms with van der Waals surface area (Å²) in [4.78, 5) is 24.7. The highest BCUT2D eigenvalue weighted by molar-refractivity contribution is 6.30. The van der Waals surface area contributed by atoms with Crippen molar-refractivity contribution in [3.63, 3.8) is 0 Å². The number of amides is 1. The van der Waals surface area contributed by atoms with Crippen LogP contribution in [0, 0.1) is 6.92 Å². The zero-order chi connectivity index (χ0) is 15.9. The third kappa shape index (κ3) is 2.18. The van der Waals surface area contributed by atoms with Crippen LogP contribution in [-0.4, -0.2) is 10.5 Å². The van der Waals surface area contributed by atoms with Crippen molar-refractivity contribution in [3.05, 3.63) is 75.2 Å². The van der Waals surface area contributed by atoms with Crippen LogP contribution in [0.15, 0.2) is 53.3 Å². The molecule has 2 N–H and O–H groups in total. The summed E-state index contributed by atoms with van der Waals surface area (Å²) in [5.74, 6) is -0.565. The normalized spacial score (nSPS) is 10.8. The van der Waals surface area contributed by atoms with Gasteiger partial charge in [-0.15, -0.1) is 0 Å². The van der Waals surface area contributed by atoms with Gasteiger partial charge in [-0.1, -0.05) is 35.9 Å². The van der Waals surface area contributed by atoms with Gasteiger partial charge in [-0.25, -0.2) is 0 Å². The van der Waals surface area contributed by atoms with E-state index in [9.17, 15) is 9.59 Å². The van der Waals surface area contributed by atoms with Gasteiger partial charge in [0.2, 0.25) is 0 Å². The molecule has 2 aromatic carbocycles. The highest BCUT2D eigenvalue weighted by Gasteiger charge is 2.18. The molecule has 1 heterocycles. The van der Waals surface area contributed by atoms with Gasteiger partial charge < -0.3 is 5.73 Å². The molecule has 110 valence electrons. The van der Waals surface area contributed by atoms with Crippen molar-refractivity contribution in [1.82, 2.24) is 4.57 Å². The Bertz CT molecular complexity index is 961. The summed E-state index contributed by atoms with van der Waals surface area (Å²) in [6.45, 7) is 1.70. The maximum absolute atomic E-state index is 12.8. The molecule has 22 heavy (non-hydrogen) atoms. The first-order chi connectivity index (χ1) is 10.5. The Hall–Kier alpha value is -2.59. The van der Waals surface area contributed by atoms with Crippen LogP contribution < -0.4 is 11.3 Å². The molecule has 0 radical (unpaired) electrons. The largest absolute Gasteiger partial charge is 0.366 e. The molecular formula is C17H13ClN2O2. The standard InChI is InChI=1S/C17H13ClN2O2/c1-10-15(16(19)21)13-7-2-3-8-14(13)17(22)20(10)12-6-4-5-11(18)9-12/h2-9H,1H3,(H2,19,21). The predicted octanol–water partition coefficient (Wildman–Crippen LogP) is 3.05. The molecule has 1 amide bonds. The maximum Gasteiger partial charge on any atom is 0.263 e. The highest BCUT2D eigenvalue weighted by atomic mass is 35.5. The number of pyridine rings is 1. The van der Waals surface area contributed by atoms with E-state index in [0.29, 0.717) is 32.7 Å². The van der Waals surface area contributed by atoms with E-state index in [1.165, 1.54) is 4.57 Å². The summed E-state index contributed by atoms with van der Waals surface area (Å²) in [5, 5.41) is 1.52. The number of nitrogens with two attached hydrogens (primary N) is 1. The molecular weight excluding hydrogens is 300 g/mol. The van der Waals surface area contributed by atoms with Crippen LogP contribution in [0.5, 0.6) is 0 Å². The van der Waals surface area contributed by atoms with Crippen molar-refractivity contribution in [3.8, 4) is 5.69 Å². The van der Waals surface area contributed by atoms with Gasteiger partial charge in [0.1, 0.15) is 0 Å². The van der Waals surface area contributed by atoms with Gasteiger partial charge in [0.25, 0.3) is 11.5 Å². The minimum Gasteiger partial charge on any atom is -0.366 e. The zero-order valence-corrected chi connectivity index (χ0v) is 12.6. The van der Waals surface area contributed by atoms with Gasteiger partial charge in [-0.2, -0.15) is 0 Å². The topological polar surface area (TPSA) is 65.1 Å². The van der Waals surface area contributed by atoms with E-state index in [2.05, 4.69) is 0 Å². The van der Waals surface area contributed by atoms with E-state index in [-0.39, 0.29) is 5.56 Å². The number of hydrogen-bond donors (Lipinski definition) is 1. The fourth-order valence-electron chi connectivity index (χ4n) is 2.70. The summed E-state index contributed by atoms with van der Waals surface area (Å²) >= 11 is 6.01. The summed E-state index contributed by atoms with van der Waals surface area (Å²) in [6.07, 6.45) is 0. The number of halogens is 1. The number of hydrogen-bond acceptors (Lipinski definition) is 2. The molecule has 0 bridgehead atoms. The quantitative estimate of drug-likeness (QED) is 0.790. The molecule has 0 aliphatic rings. The first-order valence-electron chi connectivity index (χ1n) is 6.71. The number of benzene rings is 2. The Labute approximate surface area is 131 Å². The average molecular weight is 313 g/mol. The van der Waals surface area contributed by atoms with E-state index >= 15 is 0 Å². The van der Waals surface area contributed by atoms with Crippen molar-refractivity contribution in [2.24, 2.45) is 5.73 Å². The fraction of sp³-hybridized carbons (Fsp3) is 0.0588. The monoisotopic (exact) mass is 312 g/mol.